The minimum atomic E-state index is -0.455. The summed E-state index contributed by atoms with van der Waals surface area (Å²) in [5, 5.41) is 0. The molecule has 0 aliphatic rings. The molecule has 4 heteroatoms. The van der Waals surface area contributed by atoms with E-state index in [0.717, 1.165) is 11.1 Å². The Balaban J connectivity index is 2.50. The van der Waals surface area contributed by atoms with Crippen LogP contribution in [0.5, 0.6) is 0 Å². The normalized spacial score (nSPS) is 10.8. The van der Waals surface area contributed by atoms with E-state index in [2.05, 4.69) is 4.98 Å². The second-order valence-corrected chi connectivity index (χ2v) is 4.92. The van der Waals surface area contributed by atoms with E-state index < -0.39 is 5.97 Å². The highest BCUT2D eigenvalue weighted by molar-refractivity contribution is 5.88. The van der Waals surface area contributed by atoms with Gasteiger partial charge in [-0.2, -0.15) is 0 Å². The van der Waals surface area contributed by atoms with Crippen molar-refractivity contribution >= 4 is 5.97 Å². The molecule has 0 bridgehead atoms. The predicted octanol–water partition coefficient (Wildman–Crippen LogP) is 3.95. The molecule has 20 heavy (non-hydrogen) atoms. The van der Waals surface area contributed by atoms with Gasteiger partial charge in [-0.1, -0.05) is 32.0 Å². The van der Waals surface area contributed by atoms with Crippen molar-refractivity contribution in [2.45, 2.75) is 33.6 Å². The van der Waals surface area contributed by atoms with Crippen molar-refractivity contribution in [2.24, 2.45) is 0 Å². The Labute approximate surface area is 118 Å². The summed E-state index contributed by atoms with van der Waals surface area (Å²) in [7, 11) is 0. The van der Waals surface area contributed by atoms with Crippen LogP contribution in [0.3, 0.4) is 0 Å². The SMILES string of the molecule is CCOC(=O)c1oc(-c2ccccc2C)nc1C(C)C. The van der Waals surface area contributed by atoms with E-state index in [1.165, 1.54) is 0 Å². The van der Waals surface area contributed by atoms with Gasteiger partial charge in [-0.05, 0) is 31.4 Å². The number of esters is 1. The lowest BCUT2D eigenvalue weighted by Crippen LogP contribution is -2.07. The van der Waals surface area contributed by atoms with Gasteiger partial charge in [-0.25, -0.2) is 9.78 Å². The van der Waals surface area contributed by atoms with Crippen LogP contribution in [0, 0.1) is 6.92 Å². The lowest BCUT2D eigenvalue weighted by molar-refractivity contribution is 0.0488. The molecule has 0 N–H and O–H groups in total. The Morgan fingerprint density at radius 2 is 2.05 bits per heavy atom. The zero-order valence-corrected chi connectivity index (χ0v) is 12.3. The minimum absolute atomic E-state index is 0.0934. The van der Waals surface area contributed by atoms with Crippen molar-refractivity contribution in [3.63, 3.8) is 0 Å². The van der Waals surface area contributed by atoms with Gasteiger partial charge in [0.05, 0.1) is 12.3 Å². The molecule has 0 radical (unpaired) electrons. The van der Waals surface area contributed by atoms with Crippen molar-refractivity contribution in [1.29, 1.82) is 0 Å². The highest BCUT2D eigenvalue weighted by Crippen LogP contribution is 2.28. The van der Waals surface area contributed by atoms with Gasteiger partial charge in [0.15, 0.2) is 0 Å². The van der Waals surface area contributed by atoms with Crippen LogP contribution in [0.1, 0.15) is 48.5 Å². The van der Waals surface area contributed by atoms with Crippen molar-refractivity contribution in [2.75, 3.05) is 6.61 Å². The number of aryl methyl sites for hydroxylation is 1. The Kier molecular flexibility index (Phi) is 4.23. The second-order valence-electron chi connectivity index (χ2n) is 4.92. The third-order valence-corrected chi connectivity index (χ3v) is 3.04. The van der Waals surface area contributed by atoms with Crippen LogP contribution in [0.25, 0.3) is 11.5 Å². The molecule has 0 atom stereocenters. The van der Waals surface area contributed by atoms with Crippen molar-refractivity contribution < 1.29 is 13.9 Å². The highest BCUT2D eigenvalue weighted by Gasteiger charge is 2.24. The number of aromatic nitrogens is 1. The largest absolute Gasteiger partial charge is 0.460 e. The Morgan fingerprint density at radius 1 is 1.35 bits per heavy atom. The fraction of sp³-hybridized carbons (Fsp3) is 0.375. The van der Waals surface area contributed by atoms with Crippen LogP contribution in [0.15, 0.2) is 28.7 Å². The third-order valence-electron chi connectivity index (χ3n) is 3.04. The lowest BCUT2D eigenvalue weighted by atomic mass is 10.1. The first-order valence-corrected chi connectivity index (χ1v) is 6.78. The van der Waals surface area contributed by atoms with Gasteiger partial charge in [-0.15, -0.1) is 0 Å². The Hall–Kier alpha value is -2.10. The Bertz CT molecular complexity index is 614. The number of hydrogen-bond donors (Lipinski definition) is 0. The summed E-state index contributed by atoms with van der Waals surface area (Å²) in [6.07, 6.45) is 0. The van der Waals surface area contributed by atoms with Gasteiger partial charge < -0.3 is 9.15 Å². The third kappa shape index (κ3) is 2.74. The van der Waals surface area contributed by atoms with E-state index >= 15 is 0 Å². The molecule has 0 aliphatic carbocycles. The molecule has 2 rings (SSSR count). The molecule has 1 aromatic carbocycles. The van der Waals surface area contributed by atoms with Crippen LogP contribution in [-0.4, -0.2) is 17.6 Å². The lowest BCUT2D eigenvalue weighted by Gasteiger charge is -2.02. The van der Waals surface area contributed by atoms with Crippen LogP contribution < -0.4 is 0 Å². The van der Waals surface area contributed by atoms with Crippen LogP contribution in [0.4, 0.5) is 0 Å². The fourth-order valence-electron chi connectivity index (χ4n) is 1.99. The summed E-state index contributed by atoms with van der Waals surface area (Å²) >= 11 is 0. The quantitative estimate of drug-likeness (QED) is 0.791. The summed E-state index contributed by atoms with van der Waals surface area (Å²) < 4.78 is 10.7. The fourth-order valence-corrected chi connectivity index (χ4v) is 1.99. The molecule has 1 heterocycles. The summed E-state index contributed by atoms with van der Waals surface area (Å²) in [6.45, 7) is 8.02. The van der Waals surface area contributed by atoms with Gasteiger partial charge in [0.25, 0.3) is 0 Å². The first kappa shape index (κ1) is 14.3. The second kappa shape index (κ2) is 5.90. The van der Waals surface area contributed by atoms with E-state index in [4.69, 9.17) is 9.15 Å². The number of benzene rings is 1. The van der Waals surface area contributed by atoms with E-state index in [9.17, 15) is 4.79 Å². The molecule has 1 aromatic heterocycles. The number of ether oxygens (including phenoxy) is 1. The van der Waals surface area contributed by atoms with E-state index in [0.29, 0.717) is 18.2 Å². The molecule has 106 valence electrons. The molecule has 0 aliphatic heterocycles. The van der Waals surface area contributed by atoms with Crippen LogP contribution in [0.2, 0.25) is 0 Å². The van der Waals surface area contributed by atoms with Crippen molar-refractivity contribution in [1.82, 2.24) is 4.98 Å². The van der Waals surface area contributed by atoms with Crippen molar-refractivity contribution in [3.05, 3.63) is 41.3 Å². The zero-order valence-electron chi connectivity index (χ0n) is 12.3. The maximum atomic E-state index is 11.9. The molecule has 0 amide bonds. The molecule has 0 spiro atoms. The molecule has 0 fully saturated rings. The molecule has 0 saturated heterocycles. The molecule has 0 saturated carbocycles. The molecular weight excluding hydrogens is 254 g/mol. The molecule has 2 aromatic rings. The minimum Gasteiger partial charge on any atom is -0.460 e. The highest BCUT2D eigenvalue weighted by atomic mass is 16.5. The number of nitrogens with zero attached hydrogens (tertiary/aromatic N) is 1. The number of carbonyl (C=O) groups excluding carboxylic acids is 1. The van der Waals surface area contributed by atoms with Gasteiger partial charge in [0.2, 0.25) is 11.7 Å². The molecule has 4 nitrogen and oxygen atoms in total. The first-order chi connectivity index (χ1) is 9.54. The van der Waals surface area contributed by atoms with Crippen molar-refractivity contribution in [3.8, 4) is 11.5 Å². The smallest absolute Gasteiger partial charge is 0.376 e. The number of hydrogen-bond acceptors (Lipinski definition) is 4. The topological polar surface area (TPSA) is 52.3 Å². The van der Waals surface area contributed by atoms with Gasteiger partial charge >= 0.3 is 5.97 Å². The maximum Gasteiger partial charge on any atom is 0.376 e. The summed E-state index contributed by atoms with van der Waals surface area (Å²) in [4.78, 5) is 16.4. The average Bonchev–Trinajstić information content (AvgIpc) is 2.84. The molecular formula is C16H19NO3. The summed E-state index contributed by atoms with van der Waals surface area (Å²) in [6, 6.07) is 7.79. The van der Waals surface area contributed by atoms with Gasteiger partial charge in [0.1, 0.15) is 0 Å². The predicted molar refractivity (Wildman–Crippen MR) is 76.7 cm³/mol. The maximum absolute atomic E-state index is 11.9. The standard InChI is InChI=1S/C16H19NO3/c1-5-19-16(18)14-13(10(2)3)17-15(20-14)12-9-7-6-8-11(12)4/h6-10H,5H2,1-4H3. The summed E-state index contributed by atoms with van der Waals surface area (Å²) in [5.41, 5.74) is 2.59. The monoisotopic (exact) mass is 273 g/mol. The van der Waals surface area contributed by atoms with Gasteiger partial charge in [-0.3, -0.25) is 0 Å². The zero-order chi connectivity index (χ0) is 14.7. The number of oxazole rings is 1. The first-order valence-electron chi connectivity index (χ1n) is 6.78. The van der Waals surface area contributed by atoms with Gasteiger partial charge in [0, 0.05) is 5.56 Å². The van der Waals surface area contributed by atoms with E-state index in [1.54, 1.807) is 6.92 Å². The van der Waals surface area contributed by atoms with E-state index in [1.807, 2.05) is 45.0 Å². The molecule has 0 unspecified atom stereocenters. The number of carbonyl (C=O) groups is 1. The van der Waals surface area contributed by atoms with E-state index in [-0.39, 0.29) is 11.7 Å². The van der Waals surface area contributed by atoms with Crippen LogP contribution >= 0.6 is 0 Å². The van der Waals surface area contributed by atoms with Crippen LogP contribution in [-0.2, 0) is 4.74 Å². The number of rotatable bonds is 4. The Morgan fingerprint density at radius 3 is 2.65 bits per heavy atom. The summed E-state index contributed by atoms with van der Waals surface area (Å²) in [5.74, 6) is 0.314. The average molecular weight is 273 g/mol.